The fourth-order valence-corrected chi connectivity index (χ4v) is 12.3. The number of phenols is 1. The normalized spacial score (nSPS) is 41.8. The number of aliphatic hydroxyl groups excluding tert-OH is 1. The number of methoxy groups -OCH3 is 1. The number of aromatic hydroxyl groups is 1. The molecule has 0 saturated heterocycles. The highest BCUT2D eigenvalue weighted by atomic mass is 16.5. The van der Waals surface area contributed by atoms with Crippen molar-refractivity contribution in [3.63, 3.8) is 0 Å². The maximum Gasteiger partial charge on any atom is 0.331 e. The van der Waals surface area contributed by atoms with E-state index in [0.717, 1.165) is 37.7 Å². The molecule has 0 amide bonds. The van der Waals surface area contributed by atoms with Crippen LogP contribution < -0.4 is 4.74 Å². The highest BCUT2D eigenvalue weighted by Crippen LogP contribution is 2.70. The summed E-state index contributed by atoms with van der Waals surface area (Å²) in [5.41, 5.74) is 3.13. The van der Waals surface area contributed by atoms with Crippen LogP contribution in [0, 0.1) is 50.7 Å². The number of hydrogen-bond donors (Lipinski definition) is 2. The molecule has 2 N–H and O–H groups in total. The number of rotatable bonds is 4. The lowest BCUT2D eigenvalue weighted by atomic mass is 9.42. The standard InChI is InChI=1S/C40H58O5/c1-36(2)30-14-11-26-24-38(5)20-17-31-37(3,4)34(45-35(43)16-10-25-9-13-28(41)29(23-25)44-8)19-22-40(31,7)32(38)15-12-27(26)39(30,6)21-18-33(36)42/h9-11,13,16,23,27,30-34,41-42H,12,14-15,17-22,24H2,1-8H3/t27-,30-,31-,32-,33-,34-,38-,39-,40-/m0/s1. The second kappa shape index (κ2) is 11.2. The minimum atomic E-state index is -0.307. The Kier molecular flexibility index (Phi) is 8.11. The third-order valence-electron chi connectivity index (χ3n) is 14.7. The topological polar surface area (TPSA) is 76.0 Å². The lowest BCUT2D eigenvalue weighted by Crippen LogP contribution is -2.59. The molecule has 6 rings (SSSR count). The van der Waals surface area contributed by atoms with Gasteiger partial charge in [-0.15, -0.1) is 0 Å². The van der Waals surface area contributed by atoms with Gasteiger partial charge in [0.2, 0.25) is 0 Å². The van der Waals surface area contributed by atoms with Crippen molar-refractivity contribution >= 4 is 12.0 Å². The average molecular weight is 619 g/mol. The van der Waals surface area contributed by atoms with E-state index in [9.17, 15) is 15.0 Å². The molecule has 248 valence electrons. The summed E-state index contributed by atoms with van der Waals surface area (Å²) in [6.07, 6.45) is 16.9. The van der Waals surface area contributed by atoms with Crippen molar-refractivity contribution in [3.8, 4) is 11.5 Å². The molecule has 5 aliphatic rings. The molecule has 0 heterocycles. The lowest BCUT2D eigenvalue weighted by molar-refractivity contribution is -0.190. The molecule has 5 aliphatic carbocycles. The zero-order chi connectivity index (χ0) is 32.6. The van der Waals surface area contributed by atoms with Crippen molar-refractivity contribution in [1.82, 2.24) is 0 Å². The molecule has 0 bridgehead atoms. The van der Waals surface area contributed by atoms with Crippen molar-refractivity contribution in [2.45, 2.75) is 125 Å². The van der Waals surface area contributed by atoms with Crippen LogP contribution in [0.4, 0.5) is 0 Å². The molecule has 4 saturated carbocycles. The van der Waals surface area contributed by atoms with Gasteiger partial charge in [0.1, 0.15) is 6.10 Å². The highest BCUT2D eigenvalue weighted by molar-refractivity contribution is 5.87. The van der Waals surface area contributed by atoms with Crippen molar-refractivity contribution in [2.24, 2.45) is 50.7 Å². The van der Waals surface area contributed by atoms with Gasteiger partial charge in [0.05, 0.1) is 13.2 Å². The molecule has 0 unspecified atom stereocenters. The quantitative estimate of drug-likeness (QED) is 0.200. The Morgan fingerprint density at radius 1 is 0.867 bits per heavy atom. The number of fused-ring (bicyclic) bond motifs is 6. The van der Waals surface area contributed by atoms with E-state index in [-0.39, 0.29) is 45.6 Å². The summed E-state index contributed by atoms with van der Waals surface area (Å²) in [5.74, 6) is 2.46. The molecule has 1 aromatic rings. The van der Waals surface area contributed by atoms with E-state index in [1.165, 1.54) is 45.3 Å². The van der Waals surface area contributed by atoms with Crippen LogP contribution in [0.5, 0.6) is 11.5 Å². The average Bonchev–Trinajstić information content (AvgIpc) is 3.13. The number of benzene rings is 1. The molecule has 45 heavy (non-hydrogen) atoms. The molecule has 1 aromatic carbocycles. The van der Waals surface area contributed by atoms with Gasteiger partial charge in [-0.1, -0.05) is 66.2 Å². The minimum absolute atomic E-state index is 0.0407. The number of allylic oxidation sites excluding steroid dienone is 2. The van der Waals surface area contributed by atoms with Gasteiger partial charge in [-0.3, -0.25) is 0 Å². The van der Waals surface area contributed by atoms with E-state index in [2.05, 4.69) is 54.5 Å². The van der Waals surface area contributed by atoms with Gasteiger partial charge < -0.3 is 19.7 Å². The van der Waals surface area contributed by atoms with Crippen LogP contribution in [-0.4, -0.2) is 35.5 Å². The molecule has 4 fully saturated rings. The van der Waals surface area contributed by atoms with Crippen molar-refractivity contribution < 1.29 is 24.5 Å². The van der Waals surface area contributed by atoms with Gasteiger partial charge in [-0.25, -0.2) is 4.79 Å². The van der Waals surface area contributed by atoms with E-state index in [1.807, 2.05) is 0 Å². The van der Waals surface area contributed by atoms with Crippen molar-refractivity contribution in [1.29, 1.82) is 0 Å². The first-order valence-corrected chi connectivity index (χ1v) is 17.7. The number of esters is 1. The summed E-state index contributed by atoms with van der Waals surface area (Å²) >= 11 is 0. The molecule has 5 heteroatoms. The summed E-state index contributed by atoms with van der Waals surface area (Å²) < 4.78 is 11.4. The second-order valence-corrected chi connectivity index (χ2v) is 17.6. The number of phenolic OH excluding ortho intramolecular Hbond substituents is 1. The maximum atomic E-state index is 13.1. The van der Waals surface area contributed by atoms with Gasteiger partial charge >= 0.3 is 5.97 Å². The van der Waals surface area contributed by atoms with Crippen LogP contribution in [0.25, 0.3) is 6.08 Å². The fraction of sp³-hybridized carbons (Fsp3) is 0.725. The number of hydrogen-bond acceptors (Lipinski definition) is 5. The largest absolute Gasteiger partial charge is 0.504 e. The van der Waals surface area contributed by atoms with E-state index in [1.54, 1.807) is 29.8 Å². The third kappa shape index (κ3) is 5.18. The Labute approximate surface area is 271 Å². The summed E-state index contributed by atoms with van der Waals surface area (Å²) in [7, 11) is 1.52. The number of ether oxygens (including phenoxy) is 2. The Hall–Kier alpha value is -2.27. The maximum absolute atomic E-state index is 13.1. The highest BCUT2D eigenvalue weighted by Gasteiger charge is 2.63. The second-order valence-electron chi connectivity index (χ2n) is 17.6. The predicted octanol–water partition coefficient (Wildman–Crippen LogP) is 9.12. The summed E-state index contributed by atoms with van der Waals surface area (Å²) in [6, 6.07) is 5.05. The Bertz CT molecular complexity index is 1370. The first-order chi connectivity index (χ1) is 21.1. The van der Waals surface area contributed by atoms with E-state index < -0.39 is 0 Å². The van der Waals surface area contributed by atoms with Crippen LogP contribution in [0.2, 0.25) is 0 Å². The van der Waals surface area contributed by atoms with Gasteiger partial charge in [-0.05, 0) is 133 Å². The minimum Gasteiger partial charge on any atom is -0.504 e. The van der Waals surface area contributed by atoms with E-state index >= 15 is 0 Å². The van der Waals surface area contributed by atoms with Crippen LogP contribution in [-0.2, 0) is 9.53 Å². The molecular weight excluding hydrogens is 560 g/mol. The first-order valence-electron chi connectivity index (χ1n) is 17.7. The fourth-order valence-electron chi connectivity index (χ4n) is 12.3. The van der Waals surface area contributed by atoms with Gasteiger partial charge in [0, 0.05) is 11.5 Å². The predicted molar refractivity (Wildman–Crippen MR) is 180 cm³/mol. The molecule has 0 aromatic heterocycles. The number of carbonyl (C=O) groups is 1. The number of aliphatic hydroxyl groups is 1. The first kappa shape index (κ1) is 32.7. The zero-order valence-electron chi connectivity index (χ0n) is 29.1. The van der Waals surface area contributed by atoms with Crippen LogP contribution in [0.1, 0.15) is 118 Å². The van der Waals surface area contributed by atoms with Crippen LogP contribution >= 0.6 is 0 Å². The third-order valence-corrected chi connectivity index (χ3v) is 14.7. The molecular formula is C40H58O5. The monoisotopic (exact) mass is 618 g/mol. The Morgan fingerprint density at radius 2 is 1.60 bits per heavy atom. The molecule has 0 spiro atoms. The summed E-state index contributed by atoms with van der Waals surface area (Å²) in [5, 5.41) is 20.9. The SMILES string of the molecule is COc1cc(C=CC(=O)O[C@H]2CC[C@@]3(C)[C@@H](CC[C@@]4(C)CC5=CC[C@H]6C(C)(C)[C@@H](O)CC[C@@]6(C)[C@H]5CC[C@@H]43)C2(C)C)ccc1O. The smallest absolute Gasteiger partial charge is 0.331 e. The van der Waals surface area contributed by atoms with E-state index in [0.29, 0.717) is 34.8 Å². The van der Waals surface area contributed by atoms with Gasteiger partial charge in [-0.2, -0.15) is 0 Å². The molecule has 0 aliphatic heterocycles. The Balaban J connectivity index is 1.20. The van der Waals surface area contributed by atoms with Gasteiger partial charge in [0.15, 0.2) is 11.5 Å². The molecule has 0 radical (unpaired) electrons. The van der Waals surface area contributed by atoms with Gasteiger partial charge in [0.25, 0.3) is 0 Å². The lowest BCUT2D eigenvalue weighted by Gasteiger charge is -2.64. The van der Waals surface area contributed by atoms with Crippen LogP contribution in [0.3, 0.4) is 0 Å². The van der Waals surface area contributed by atoms with Crippen LogP contribution in [0.15, 0.2) is 35.9 Å². The van der Waals surface area contributed by atoms with Crippen molar-refractivity contribution in [2.75, 3.05) is 7.11 Å². The van der Waals surface area contributed by atoms with Crippen molar-refractivity contribution in [3.05, 3.63) is 41.5 Å². The molecule has 9 atom stereocenters. The summed E-state index contributed by atoms with van der Waals surface area (Å²) in [4.78, 5) is 13.1. The Morgan fingerprint density at radius 3 is 2.33 bits per heavy atom. The zero-order valence-corrected chi connectivity index (χ0v) is 29.1. The summed E-state index contributed by atoms with van der Waals surface area (Å²) in [6.45, 7) is 17.1. The van der Waals surface area contributed by atoms with E-state index in [4.69, 9.17) is 9.47 Å². The molecule has 5 nitrogen and oxygen atoms in total. The number of carbonyl (C=O) groups excluding carboxylic acids is 1.